The Morgan fingerprint density at radius 1 is 1.09 bits per heavy atom. The van der Waals surface area contributed by atoms with Gasteiger partial charge in [-0.05, 0) is 58.8 Å². The number of aryl methyl sites for hydroxylation is 1. The van der Waals surface area contributed by atoms with Gasteiger partial charge in [0.05, 0.1) is 18.0 Å². The molecule has 4 aromatic rings. The van der Waals surface area contributed by atoms with Crippen molar-refractivity contribution in [2.45, 2.75) is 45.7 Å². The van der Waals surface area contributed by atoms with Gasteiger partial charge in [-0.1, -0.05) is 5.21 Å². The van der Waals surface area contributed by atoms with Crippen molar-refractivity contribution in [2.75, 3.05) is 25.0 Å². The van der Waals surface area contributed by atoms with E-state index in [4.69, 9.17) is 5.26 Å². The highest BCUT2D eigenvalue weighted by atomic mass is 15.4. The van der Waals surface area contributed by atoms with E-state index in [1.807, 2.05) is 16.9 Å². The second kappa shape index (κ2) is 9.57. The predicted octanol–water partition coefficient (Wildman–Crippen LogP) is 3.25. The SMILES string of the molecule is CC(C)Nc1cc(-n2ncc3cc(C#N)cnc32)ncc1-c1cn(CCCN2CCCC2)nn1. The maximum absolute atomic E-state index is 9.13. The monoisotopic (exact) mass is 456 g/mol. The Hall–Kier alpha value is -3.84. The largest absolute Gasteiger partial charge is 0.382 e. The van der Waals surface area contributed by atoms with E-state index in [1.165, 1.54) is 25.9 Å². The number of nitrogens with one attached hydrogen (secondary N) is 1. The molecule has 1 aliphatic rings. The van der Waals surface area contributed by atoms with Crippen LogP contribution in [0.25, 0.3) is 28.1 Å². The summed E-state index contributed by atoms with van der Waals surface area (Å²) in [4.78, 5) is 11.6. The van der Waals surface area contributed by atoms with E-state index in [-0.39, 0.29) is 6.04 Å². The molecule has 1 fully saturated rings. The molecule has 1 saturated heterocycles. The molecule has 5 heterocycles. The molecule has 10 nitrogen and oxygen atoms in total. The number of rotatable bonds is 8. The quantitative estimate of drug-likeness (QED) is 0.430. The van der Waals surface area contributed by atoms with Gasteiger partial charge in [-0.2, -0.15) is 15.0 Å². The summed E-state index contributed by atoms with van der Waals surface area (Å²) in [6, 6.07) is 6.05. The van der Waals surface area contributed by atoms with Gasteiger partial charge in [-0.15, -0.1) is 5.10 Å². The maximum atomic E-state index is 9.13. The topological polar surface area (TPSA) is 113 Å². The molecule has 0 amide bonds. The number of nitrogens with zero attached hydrogens (tertiary/aromatic N) is 9. The van der Waals surface area contributed by atoms with Crippen molar-refractivity contribution < 1.29 is 0 Å². The Kier molecular flexibility index (Phi) is 6.18. The molecule has 0 spiro atoms. The lowest BCUT2D eigenvalue weighted by atomic mass is 10.1. The lowest BCUT2D eigenvalue weighted by molar-refractivity contribution is 0.321. The summed E-state index contributed by atoms with van der Waals surface area (Å²) in [6.45, 7) is 8.56. The second-order valence-corrected chi connectivity index (χ2v) is 8.96. The molecule has 0 radical (unpaired) electrons. The van der Waals surface area contributed by atoms with E-state index < -0.39 is 0 Å². The zero-order chi connectivity index (χ0) is 23.5. The number of pyridine rings is 2. The molecule has 0 aliphatic carbocycles. The minimum atomic E-state index is 0.218. The summed E-state index contributed by atoms with van der Waals surface area (Å²) in [5.74, 6) is 0.636. The number of nitriles is 1. The molecule has 0 saturated carbocycles. The average molecular weight is 457 g/mol. The van der Waals surface area contributed by atoms with Crippen LogP contribution in [0.2, 0.25) is 0 Å². The molecule has 5 rings (SSSR count). The van der Waals surface area contributed by atoms with Crippen LogP contribution in [0.4, 0.5) is 5.69 Å². The third-order valence-electron chi connectivity index (χ3n) is 5.96. The molecule has 0 aromatic carbocycles. The molecule has 0 unspecified atom stereocenters. The van der Waals surface area contributed by atoms with E-state index in [9.17, 15) is 0 Å². The molecule has 174 valence electrons. The molecule has 1 N–H and O–H groups in total. The minimum Gasteiger partial charge on any atom is -0.382 e. The number of anilines is 1. The van der Waals surface area contributed by atoms with Crippen LogP contribution in [0.3, 0.4) is 0 Å². The Balaban J connectivity index is 1.40. The summed E-state index contributed by atoms with van der Waals surface area (Å²) in [6.07, 6.45) is 10.7. The Bertz CT molecular complexity index is 1320. The van der Waals surface area contributed by atoms with Crippen LogP contribution in [-0.4, -0.2) is 65.3 Å². The standard InChI is InChI=1S/C24H28N10/c1-17(2)29-21-11-23(34-24-19(14-28-34)10-18(12-25)13-27-24)26-15-20(21)22-16-33(31-30-22)9-5-8-32-6-3-4-7-32/h10-11,13-17H,3-9H2,1-2H3,(H,26,29). The third-order valence-corrected chi connectivity index (χ3v) is 5.96. The fourth-order valence-electron chi connectivity index (χ4n) is 4.34. The fourth-order valence-corrected chi connectivity index (χ4v) is 4.34. The summed E-state index contributed by atoms with van der Waals surface area (Å²) in [5.41, 5.74) is 3.73. The van der Waals surface area contributed by atoms with Gasteiger partial charge < -0.3 is 10.2 Å². The van der Waals surface area contributed by atoms with Gasteiger partial charge in [0.25, 0.3) is 0 Å². The number of hydrogen-bond acceptors (Lipinski definition) is 8. The number of aromatic nitrogens is 7. The van der Waals surface area contributed by atoms with Crippen LogP contribution in [0, 0.1) is 11.3 Å². The van der Waals surface area contributed by atoms with Crippen LogP contribution < -0.4 is 5.32 Å². The number of likely N-dealkylation sites (tertiary alicyclic amines) is 1. The van der Waals surface area contributed by atoms with Crippen LogP contribution in [-0.2, 0) is 6.54 Å². The average Bonchev–Trinajstić information content (AvgIpc) is 3.59. The van der Waals surface area contributed by atoms with Crippen LogP contribution in [0.1, 0.15) is 38.7 Å². The molecule has 0 bridgehead atoms. The van der Waals surface area contributed by atoms with Crippen molar-refractivity contribution in [3.05, 3.63) is 42.5 Å². The number of hydrogen-bond donors (Lipinski definition) is 1. The summed E-state index contributed by atoms with van der Waals surface area (Å²) >= 11 is 0. The highest BCUT2D eigenvalue weighted by Crippen LogP contribution is 2.29. The van der Waals surface area contributed by atoms with Crippen molar-refractivity contribution in [1.29, 1.82) is 5.26 Å². The second-order valence-electron chi connectivity index (χ2n) is 8.96. The highest BCUT2D eigenvalue weighted by molar-refractivity contribution is 5.79. The van der Waals surface area contributed by atoms with E-state index in [1.54, 1.807) is 29.3 Å². The van der Waals surface area contributed by atoms with Crippen LogP contribution >= 0.6 is 0 Å². The summed E-state index contributed by atoms with van der Waals surface area (Å²) in [5, 5.41) is 26.6. The Morgan fingerprint density at radius 2 is 1.94 bits per heavy atom. The van der Waals surface area contributed by atoms with Gasteiger partial charge in [-0.3, -0.25) is 4.68 Å². The Labute approximate surface area is 198 Å². The van der Waals surface area contributed by atoms with Crippen molar-refractivity contribution in [1.82, 2.24) is 39.6 Å². The zero-order valence-electron chi connectivity index (χ0n) is 19.5. The molecule has 1 aliphatic heterocycles. The van der Waals surface area contributed by atoms with E-state index in [2.05, 4.69) is 55.5 Å². The van der Waals surface area contributed by atoms with E-state index >= 15 is 0 Å². The van der Waals surface area contributed by atoms with Gasteiger partial charge >= 0.3 is 0 Å². The normalized spacial score (nSPS) is 14.2. The van der Waals surface area contributed by atoms with Gasteiger partial charge in [0.15, 0.2) is 11.5 Å². The third kappa shape index (κ3) is 4.61. The predicted molar refractivity (Wildman–Crippen MR) is 129 cm³/mol. The van der Waals surface area contributed by atoms with Gasteiger partial charge in [-0.25, -0.2) is 9.97 Å². The maximum Gasteiger partial charge on any atom is 0.164 e. The molecular weight excluding hydrogens is 428 g/mol. The van der Waals surface area contributed by atoms with Crippen molar-refractivity contribution >= 4 is 16.7 Å². The smallest absolute Gasteiger partial charge is 0.164 e. The minimum absolute atomic E-state index is 0.218. The number of fused-ring (bicyclic) bond motifs is 1. The Morgan fingerprint density at radius 3 is 2.74 bits per heavy atom. The first kappa shape index (κ1) is 22.0. The molecule has 0 atom stereocenters. The first-order valence-electron chi connectivity index (χ1n) is 11.7. The van der Waals surface area contributed by atoms with E-state index in [0.717, 1.165) is 41.8 Å². The molecular formula is C24H28N10. The van der Waals surface area contributed by atoms with Gasteiger partial charge in [0.2, 0.25) is 0 Å². The molecule has 34 heavy (non-hydrogen) atoms. The lowest BCUT2D eigenvalue weighted by Crippen LogP contribution is -2.21. The summed E-state index contributed by atoms with van der Waals surface area (Å²) in [7, 11) is 0. The molecule has 4 aromatic heterocycles. The van der Waals surface area contributed by atoms with Crippen LogP contribution in [0.5, 0.6) is 0 Å². The van der Waals surface area contributed by atoms with Crippen LogP contribution in [0.15, 0.2) is 36.9 Å². The first-order chi connectivity index (χ1) is 16.6. The van der Waals surface area contributed by atoms with Gasteiger partial charge in [0.1, 0.15) is 11.8 Å². The van der Waals surface area contributed by atoms with Crippen molar-refractivity contribution in [3.63, 3.8) is 0 Å². The highest BCUT2D eigenvalue weighted by Gasteiger charge is 2.16. The first-order valence-corrected chi connectivity index (χ1v) is 11.7. The fraction of sp³-hybridized carbons (Fsp3) is 0.417. The zero-order valence-corrected chi connectivity index (χ0v) is 19.5. The van der Waals surface area contributed by atoms with E-state index in [0.29, 0.717) is 17.0 Å². The van der Waals surface area contributed by atoms with Gasteiger partial charge in [0, 0.05) is 47.7 Å². The van der Waals surface area contributed by atoms with Crippen molar-refractivity contribution in [3.8, 4) is 23.1 Å². The molecule has 10 heteroatoms. The van der Waals surface area contributed by atoms with Crippen molar-refractivity contribution in [2.24, 2.45) is 0 Å². The lowest BCUT2D eigenvalue weighted by Gasteiger charge is -2.15. The summed E-state index contributed by atoms with van der Waals surface area (Å²) < 4.78 is 3.59.